The minimum absolute atomic E-state index is 0.190. The van der Waals surface area contributed by atoms with Crippen LogP contribution in [0.1, 0.15) is 32.6 Å². The fourth-order valence-electron chi connectivity index (χ4n) is 1.58. The molecular formula is C12H17Br2NO2S. The molecule has 0 heterocycles. The number of unbranched alkanes of at least 4 members (excludes halogenated alkanes) is 3. The molecule has 1 aromatic rings. The summed E-state index contributed by atoms with van der Waals surface area (Å²) in [6.45, 7) is 2.10. The lowest BCUT2D eigenvalue weighted by Gasteiger charge is -2.08. The first kappa shape index (κ1) is 16.0. The van der Waals surface area contributed by atoms with E-state index in [9.17, 15) is 8.42 Å². The van der Waals surface area contributed by atoms with Gasteiger partial charge in [0.1, 0.15) is 0 Å². The maximum absolute atomic E-state index is 12.1. The van der Waals surface area contributed by atoms with Crippen LogP contribution in [0, 0.1) is 0 Å². The average molecular weight is 399 g/mol. The summed E-state index contributed by atoms with van der Waals surface area (Å²) in [5.41, 5.74) is 6.26. The quantitative estimate of drug-likeness (QED) is 0.578. The number of halogens is 2. The second-order valence-corrected chi connectivity index (χ2v) is 8.00. The molecule has 0 bridgehead atoms. The van der Waals surface area contributed by atoms with E-state index in [1.807, 2.05) is 0 Å². The zero-order chi connectivity index (χ0) is 13.8. The second-order valence-electron chi connectivity index (χ2n) is 4.18. The van der Waals surface area contributed by atoms with Gasteiger partial charge in [-0.25, -0.2) is 8.42 Å². The first-order valence-corrected chi connectivity index (χ1v) is 9.09. The Kier molecular flexibility index (Phi) is 6.14. The molecule has 1 rings (SSSR count). The van der Waals surface area contributed by atoms with Crippen molar-refractivity contribution < 1.29 is 8.42 Å². The Balaban J connectivity index is 2.85. The molecule has 0 amide bonds. The van der Waals surface area contributed by atoms with Gasteiger partial charge >= 0.3 is 0 Å². The van der Waals surface area contributed by atoms with Crippen LogP contribution in [0.3, 0.4) is 0 Å². The predicted octanol–water partition coefficient (Wildman–Crippen LogP) is 4.15. The first-order chi connectivity index (χ1) is 8.38. The summed E-state index contributed by atoms with van der Waals surface area (Å²) in [4.78, 5) is 0.312. The van der Waals surface area contributed by atoms with Crippen molar-refractivity contribution in [3.05, 3.63) is 21.1 Å². The molecule has 102 valence electrons. The van der Waals surface area contributed by atoms with Gasteiger partial charge in [-0.15, -0.1) is 0 Å². The summed E-state index contributed by atoms with van der Waals surface area (Å²) in [7, 11) is -3.22. The van der Waals surface area contributed by atoms with Gasteiger partial charge in [0.2, 0.25) is 0 Å². The van der Waals surface area contributed by atoms with Gasteiger partial charge in [0, 0.05) is 8.95 Å². The van der Waals surface area contributed by atoms with E-state index in [1.54, 1.807) is 12.1 Å². The number of rotatable bonds is 6. The van der Waals surface area contributed by atoms with Crippen LogP contribution >= 0.6 is 31.9 Å². The minimum Gasteiger partial charge on any atom is -0.397 e. The third-order valence-electron chi connectivity index (χ3n) is 2.68. The van der Waals surface area contributed by atoms with Crippen LogP contribution in [-0.2, 0) is 9.84 Å². The molecule has 2 N–H and O–H groups in total. The summed E-state index contributed by atoms with van der Waals surface area (Å²) in [6, 6.07) is 3.13. The molecule has 0 saturated carbocycles. The Morgan fingerprint density at radius 3 is 2.17 bits per heavy atom. The number of sulfone groups is 1. The molecule has 0 spiro atoms. The highest BCUT2D eigenvalue weighted by atomic mass is 79.9. The van der Waals surface area contributed by atoms with Crippen LogP contribution in [0.25, 0.3) is 0 Å². The van der Waals surface area contributed by atoms with Gasteiger partial charge in [0.15, 0.2) is 9.84 Å². The zero-order valence-electron chi connectivity index (χ0n) is 10.2. The minimum atomic E-state index is -3.22. The smallest absolute Gasteiger partial charge is 0.178 e. The van der Waals surface area contributed by atoms with Crippen LogP contribution in [0.2, 0.25) is 0 Å². The monoisotopic (exact) mass is 397 g/mol. The summed E-state index contributed by atoms with van der Waals surface area (Å²) in [5, 5.41) is 0. The summed E-state index contributed by atoms with van der Waals surface area (Å²) < 4.78 is 25.5. The fraction of sp³-hybridized carbons (Fsp3) is 0.500. The highest BCUT2D eigenvalue weighted by molar-refractivity contribution is 9.11. The van der Waals surface area contributed by atoms with E-state index >= 15 is 0 Å². The maximum atomic E-state index is 12.1. The van der Waals surface area contributed by atoms with Crippen molar-refractivity contribution in [3.63, 3.8) is 0 Å². The van der Waals surface area contributed by atoms with E-state index in [-0.39, 0.29) is 5.75 Å². The second kappa shape index (κ2) is 6.91. The third-order valence-corrected chi connectivity index (χ3v) is 5.77. The van der Waals surface area contributed by atoms with E-state index in [0.717, 1.165) is 19.3 Å². The Bertz CT molecular complexity index is 492. The van der Waals surface area contributed by atoms with Crippen molar-refractivity contribution in [2.24, 2.45) is 0 Å². The molecule has 0 fully saturated rings. The molecular weight excluding hydrogens is 382 g/mol. The Morgan fingerprint density at radius 2 is 1.67 bits per heavy atom. The highest BCUT2D eigenvalue weighted by Crippen LogP contribution is 2.31. The van der Waals surface area contributed by atoms with Crippen molar-refractivity contribution in [2.45, 2.75) is 37.5 Å². The summed E-state index contributed by atoms with van der Waals surface area (Å²) >= 11 is 6.53. The molecule has 0 atom stereocenters. The van der Waals surface area contributed by atoms with E-state index in [2.05, 4.69) is 38.8 Å². The van der Waals surface area contributed by atoms with Gasteiger partial charge in [-0.2, -0.15) is 0 Å². The van der Waals surface area contributed by atoms with Gasteiger partial charge in [-0.1, -0.05) is 26.2 Å². The third kappa shape index (κ3) is 4.24. The normalized spacial score (nSPS) is 11.7. The van der Waals surface area contributed by atoms with Gasteiger partial charge in [0.25, 0.3) is 0 Å². The SMILES string of the molecule is CCCCCCS(=O)(=O)c1cc(Br)c(N)c(Br)c1. The fourth-order valence-corrected chi connectivity index (χ4v) is 4.48. The molecule has 0 saturated heterocycles. The predicted molar refractivity (Wildman–Crippen MR) is 82.4 cm³/mol. The lowest BCUT2D eigenvalue weighted by Crippen LogP contribution is -2.07. The maximum Gasteiger partial charge on any atom is 0.178 e. The Morgan fingerprint density at radius 1 is 1.11 bits per heavy atom. The topological polar surface area (TPSA) is 60.2 Å². The highest BCUT2D eigenvalue weighted by Gasteiger charge is 2.16. The van der Waals surface area contributed by atoms with Crippen molar-refractivity contribution in [3.8, 4) is 0 Å². The number of nitrogens with two attached hydrogens (primary N) is 1. The van der Waals surface area contributed by atoms with Crippen LogP contribution in [0.4, 0.5) is 5.69 Å². The lowest BCUT2D eigenvalue weighted by molar-refractivity contribution is 0.589. The molecule has 0 aromatic heterocycles. The first-order valence-electron chi connectivity index (χ1n) is 5.85. The van der Waals surface area contributed by atoms with E-state index in [4.69, 9.17) is 5.73 Å². The molecule has 3 nitrogen and oxygen atoms in total. The van der Waals surface area contributed by atoms with Crippen molar-refractivity contribution in [1.82, 2.24) is 0 Å². The van der Waals surface area contributed by atoms with Gasteiger partial charge in [-0.3, -0.25) is 0 Å². The van der Waals surface area contributed by atoms with E-state index < -0.39 is 9.84 Å². The van der Waals surface area contributed by atoms with E-state index in [0.29, 0.717) is 25.9 Å². The number of hydrogen-bond donors (Lipinski definition) is 1. The molecule has 0 unspecified atom stereocenters. The largest absolute Gasteiger partial charge is 0.397 e. The van der Waals surface area contributed by atoms with Crippen molar-refractivity contribution in [2.75, 3.05) is 11.5 Å². The van der Waals surface area contributed by atoms with Gasteiger partial charge in [-0.05, 0) is 50.4 Å². The molecule has 18 heavy (non-hydrogen) atoms. The number of anilines is 1. The number of nitrogen functional groups attached to an aromatic ring is 1. The number of hydrogen-bond acceptors (Lipinski definition) is 3. The average Bonchev–Trinajstić information content (AvgIpc) is 2.31. The van der Waals surface area contributed by atoms with E-state index in [1.165, 1.54) is 0 Å². The van der Waals surface area contributed by atoms with Crippen LogP contribution in [-0.4, -0.2) is 14.2 Å². The zero-order valence-corrected chi connectivity index (χ0v) is 14.2. The molecule has 0 aliphatic carbocycles. The van der Waals surface area contributed by atoms with Crippen LogP contribution in [0.5, 0.6) is 0 Å². The Hall–Kier alpha value is -0.0700. The standard InChI is InChI=1S/C12H17Br2NO2S/c1-2-3-4-5-6-18(16,17)9-7-10(13)12(15)11(14)8-9/h7-8H,2-6,15H2,1H3. The summed E-state index contributed by atoms with van der Waals surface area (Å²) in [6.07, 6.45) is 3.83. The number of benzene rings is 1. The molecule has 0 radical (unpaired) electrons. The molecule has 0 aliphatic heterocycles. The molecule has 1 aromatic carbocycles. The van der Waals surface area contributed by atoms with Crippen molar-refractivity contribution in [1.29, 1.82) is 0 Å². The molecule has 6 heteroatoms. The van der Waals surface area contributed by atoms with Crippen molar-refractivity contribution >= 4 is 47.4 Å². The van der Waals surface area contributed by atoms with Crippen LogP contribution in [0.15, 0.2) is 26.0 Å². The lowest BCUT2D eigenvalue weighted by atomic mass is 10.2. The van der Waals surface area contributed by atoms with Gasteiger partial charge in [0.05, 0.1) is 16.3 Å². The summed E-state index contributed by atoms with van der Waals surface area (Å²) in [5.74, 6) is 0.190. The molecule has 0 aliphatic rings. The van der Waals surface area contributed by atoms with Gasteiger partial charge < -0.3 is 5.73 Å². The Labute approximate surface area is 125 Å². The van der Waals surface area contributed by atoms with Crippen LogP contribution < -0.4 is 5.73 Å².